The molecule has 2 aromatic rings. The smallest absolute Gasteiger partial charge is 0.140 e. The minimum atomic E-state index is -0.974. The molecule has 0 radical (unpaired) electrons. The number of halogens is 1. The van der Waals surface area contributed by atoms with E-state index < -0.39 is 5.60 Å². The number of aryl methyl sites for hydroxylation is 1. The Hall–Kier alpha value is -1.40. The summed E-state index contributed by atoms with van der Waals surface area (Å²) in [6.45, 7) is 6.39. The molecule has 0 aliphatic carbocycles. The molecule has 0 saturated carbocycles. The fourth-order valence-electron chi connectivity index (χ4n) is 2.73. The van der Waals surface area contributed by atoms with Gasteiger partial charge in [0.25, 0.3) is 0 Å². The molecule has 0 aliphatic heterocycles. The quantitative estimate of drug-likeness (QED) is 0.640. The van der Waals surface area contributed by atoms with Gasteiger partial charge in [-0.1, -0.05) is 24.3 Å². The third-order valence-corrected chi connectivity index (χ3v) is 4.34. The largest absolute Gasteiger partial charge is 0.396 e. The first kappa shape index (κ1) is 18.9. The van der Waals surface area contributed by atoms with Gasteiger partial charge in [-0.2, -0.15) is 0 Å². The Balaban J connectivity index is 2.20. The van der Waals surface area contributed by atoms with Gasteiger partial charge >= 0.3 is 0 Å². The van der Waals surface area contributed by atoms with Gasteiger partial charge < -0.3 is 14.8 Å². The van der Waals surface area contributed by atoms with Gasteiger partial charge in [0.15, 0.2) is 0 Å². The standard InChI is InChI=1S/C18H26ClN3O2/c1-4-22-12-16(20-17(22)18(2,3)24)14-7-5-13(6-8-14)11-15(21-19)9-10-23/h5-8,12,15,21,23-24H,4,9-11H2,1-3H3/t15-/m1/s1. The summed E-state index contributed by atoms with van der Waals surface area (Å²) in [4.78, 5) is 7.31. The maximum absolute atomic E-state index is 10.3. The second kappa shape index (κ2) is 8.12. The van der Waals surface area contributed by atoms with Gasteiger partial charge in [-0.05, 0) is 51.0 Å². The van der Waals surface area contributed by atoms with Crippen molar-refractivity contribution in [3.63, 3.8) is 0 Å². The van der Waals surface area contributed by atoms with Crippen LogP contribution < -0.4 is 4.84 Å². The van der Waals surface area contributed by atoms with Gasteiger partial charge in [0.1, 0.15) is 11.4 Å². The highest BCUT2D eigenvalue weighted by atomic mass is 35.5. The molecule has 132 valence electrons. The number of imidazole rings is 1. The van der Waals surface area contributed by atoms with Crippen LogP contribution in [0.3, 0.4) is 0 Å². The van der Waals surface area contributed by atoms with E-state index in [4.69, 9.17) is 16.9 Å². The van der Waals surface area contributed by atoms with Crippen molar-refractivity contribution >= 4 is 11.8 Å². The Morgan fingerprint density at radius 1 is 1.29 bits per heavy atom. The molecular weight excluding hydrogens is 326 g/mol. The van der Waals surface area contributed by atoms with Crippen LogP contribution in [0.25, 0.3) is 11.3 Å². The monoisotopic (exact) mass is 351 g/mol. The fraction of sp³-hybridized carbons (Fsp3) is 0.500. The summed E-state index contributed by atoms with van der Waals surface area (Å²) < 4.78 is 1.97. The molecule has 3 N–H and O–H groups in total. The summed E-state index contributed by atoms with van der Waals surface area (Å²) in [5.41, 5.74) is 2.03. The fourth-order valence-corrected chi connectivity index (χ4v) is 2.92. The van der Waals surface area contributed by atoms with Crippen molar-refractivity contribution in [1.82, 2.24) is 14.4 Å². The number of hydrogen-bond acceptors (Lipinski definition) is 4. The van der Waals surface area contributed by atoms with Crippen LogP contribution in [0.15, 0.2) is 30.5 Å². The summed E-state index contributed by atoms with van der Waals surface area (Å²) in [6.07, 6.45) is 3.33. The molecule has 1 atom stereocenters. The summed E-state index contributed by atoms with van der Waals surface area (Å²) in [7, 11) is 0. The zero-order valence-electron chi connectivity index (χ0n) is 14.5. The first-order chi connectivity index (χ1) is 11.4. The Kier molecular flexibility index (Phi) is 6.40. The van der Waals surface area contributed by atoms with Gasteiger partial charge in [0, 0.05) is 31.0 Å². The minimum Gasteiger partial charge on any atom is -0.396 e. The highest BCUT2D eigenvalue weighted by Gasteiger charge is 2.23. The van der Waals surface area contributed by atoms with Gasteiger partial charge in [-0.3, -0.25) is 0 Å². The lowest BCUT2D eigenvalue weighted by molar-refractivity contribution is 0.0650. The van der Waals surface area contributed by atoms with Gasteiger partial charge in [0.05, 0.1) is 5.69 Å². The Morgan fingerprint density at radius 3 is 2.42 bits per heavy atom. The Morgan fingerprint density at radius 2 is 1.96 bits per heavy atom. The number of aliphatic hydroxyl groups is 2. The van der Waals surface area contributed by atoms with E-state index in [1.165, 1.54) is 0 Å². The molecule has 0 saturated heterocycles. The van der Waals surface area contributed by atoms with Crippen molar-refractivity contribution in [1.29, 1.82) is 0 Å². The van der Waals surface area contributed by atoms with E-state index in [9.17, 15) is 5.11 Å². The number of hydrogen-bond donors (Lipinski definition) is 3. The third kappa shape index (κ3) is 4.57. The first-order valence-electron chi connectivity index (χ1n) is 8.25. The molecule has 24 heavy (non-hydrogen) atoms. The molecule has 2 rings (SSSR count). The number of benzene rings is 1. The number of nitrogens with one attached hydrogen (secondary N) is 1. The summed E-state index contributed by atoms with van der Waals surface area (Å²) >= 11 is 5.70. The predicted octanol–water partition coefficient (Wildman–Crippen LogP) is 2.83. The predicted molar refractivity (Wildman–Crippen MR) is 96.8 cm³/mol. The van der Waals surface area contributed by atoms with Crippen LogP contribution in [-0.2, 0) is 18.6 Å². The number of nitrogens with zero attached hydrogens (tertiary/aromatic N) is 2. The van der Waals surface area contributed by atoms with Crippen LogP contribution in [0, 0.1) is 0 Å². The van der Waals surface area contributed by atoms with E-state index in [0.29, 0.717) is 12.2 Å². The van der Waals surface area contributed by atoms with Crippen LogP contribution in [0.1, 0.15) is 38.6 Å². The van der Waals surface area contributed by atoms with Crippen LogP contribution in [0.4, 0.5) is 0 Å². The van der Waals surface area contributed by atoms with Gasteiger partial charge in [0.2, 0.25) is 0 Å². The van der Waals surface area contributed by atoms with Crippen molar-refractivity contribution in [3.05, 3.63) is 41.9 Å². The lowest BCUT2D eigenvalue weighted by Crippen LogP contribution is -2.24. The number of rotatable bonds is 8. The van der Waals surface area contributed by atoms with E-state index in [2.05, 4.69) is 9.82 Å². The molecule has 0 amide bonds. The average molecular weight is 352 g/mol. The van der Waals surface area contributed by atoms with E-state index in [1.807, 2.05) is 42.0 Å². The minimum absolute atomic E-state index is 0.0450. The second-order valence-corrected chi connectivity index (χ2v) is 6.73. The lowest BCUT2D eigenvalue weighted by atomic mass is 10.0. The average Bonchev–Trinajstić information content (AvgIpc) is 3.00. The van der Waals surface area contributed by atoms with Crippen molar-refractivity contribution in [2.75, 3.05) is 6.61 Å². The number of aromatic nitrogens is 2. The van der Waals surface area contributed by atoms with Crippen LogP contribution >= 0.6 is 11.8 Å². The zero-order valence-corrected chi connectivity index (χ0v) is 15.2. The topological polar surface area (TPSA) is 70.3 Å². The molecule has 0 fully saturated rings. The summed E-state index contributed by atoms with van der Waals surface area (Å²) in [5, 5.41) is 19.3. The van der Waals surface area contributed by atoms with Crippen LogP contribution in [0.2, 0.25) is 0 Å². The normalized spacial score (nSPS) is 13.2. The molecular formula is C18H26ClN3O2. The zero-order chi connectivity index (χ0) is 17.7. The molecule has 0 bridgehead atoms. The van der Waals surface area contributed by atoms with E-state index >= 15 is 0 Å². The maximum Gasteiger partial charge on any atom is 0.140 e. The SMILES string of the molecule is CCn1cc(-c2ccc(C[C@@H](CCO)NCl)cc2)nc1C(C)(C)O. The van der Waals surface area contributed by atoms with Crippen molar-refractivity contribution in [2.45, 2.75) is 51.8 Å². The van der Waals surface area contributed by atoms with E-state index in [1.54, 1.807) is 13.8 Å². The van der Waals surface area contributed by atoms with E-state index in [-0.39, 0.29) is 12.6 Å². The van der Waals surface area contributed by atoms with Crippen molar-refractivity contribution in [2.24, 2.45) is 0 Å². The highest BCUT2D eigenvalue weighted by molar-refractivity contribution is 6.13. The maximum atomic E-state index is 10.3. The molecule has 1 aromatic heterocycles. The van der Waals surface area contributed by atoms with E-state index in [0.717, 1.165) is 29.8 Å². The van der Waals surface area contributed by atoms with Gasteiger partial charge in [-0.15, -0.1) is 0 Å². The van der Waals surface area contributed by atoms with Gasteiger partial charge in [-0.25, -0.2) is 9.82 Å². The summed E-state index contributed by atoms with van der Waals surface area (Å²) in [6, 6.07) is 8.18. The molecule has 0 aliphatic rings. The first-order valence-corrected chi connectivity index (χ1v) is 8.63. The molecule has 1 heterocycles. The third-order valence-electron chi connectivity index (χ3n) is 4.03. The highest BCUT2D eigenvalue weighted by Crippen LogP contribution is 2.25. The van der Waals surface area contributed by atoms with Crippen LogP contribution in [0.5, 0.6) is 0 Å². The lowest BCUT2D eigenvalue weighted by Gasteiger charge is -2.17. The van der Waals surface area contributed by atoms with Crippen molar-refractivity contribution < 1.29 is 10.2 Å². The molecule has 6 heteroatoms. The molecule has 1 aromatic carbocycles. The van der Waals surface area contributed by atoms with Crippen LogP contribution in [-0.4, -0.2) is 32.4 Å². The molecule has 0 spiro atoms. The molecule has 5 nitrogen and oxygen atoms in total. The summed E-state index contributed by atoms with van der Waals surface area (Å²) in [5.74, 6) is 0.665. The second-order valence-electron chi connectivity index (χ2n) is 6.51. The number of aliphatic hydroxyl groups excluding tert-OH is 1. The Bertz CT molecular complexity index is 647. The molecule has 0 unspecified atom stereocenters. The van der Waals surface area contributed by atoms with Crippen molar-refractivity contribution in [3.8, 4) is 11.3 Å². The Labute approximate surface area is 148 Å².